The molecule has 0 spiro atoms. The van der Waals surface area contributed by atoms with Crippen LogP contribution in [-0.2, 0) is 6.54 Å². The van der Waals surface area contributed by atoms with E-state index in [1.165, 1.54) is 5.56 Å². The predicted octanol–water partition coefficient (Wildman–Crippen LogP) is 2.95. The SMILES string of the molecule is CB(O)N1[C@@]2(C)CC[C@]1(C)[C@@H](F)[C@@H](N(C)Cc1ccccc1)C2. The predicted molar refractivity (Wildman–Crippen MR) is 92.9 cm³/mol. The van der Waals surface area contributed by atoms with Crippen molar-refractivity contribution in [1.82, 2.24) is 9.71 Å². The van der Waals surface area contributed by atoms with Crippen LogP contribution in [0.1, 0.15) is 38.7 Å². The first-order valence-corrected chi connectivity index (χ1v) is 8.64. The lowest BCUT2D eigenvalue weighted by atomic mass is 9.69. The first-order chi connectivity index (χ1) is 10.8. The molecule has 1 aromatic carbocycles. The van der Waals surface area contributed by atoms with E-state index in [4.69, 9.17) is 0 Å². The summed E-state index contributed by atoms with van der Waals surface area (Å²) in [6.07, 6.45) is 1.56. The van der Waals surface area contributed by atoms with Crippen molar-refractivity contribution >= 4 is 7.05 Å². The number of hydrogen-bond donors (Lipinski definition) is 1. The highest BCUT2D eigenvalue weighted by Gasteiger charge is 2.62. The van der Waals surface area contributed by atoms with Gasteiger partial charge in [0.25, 0.3) is 0 Å². The molecule has 2 saturated heterocycles. The van der Waals surface area contributed by atoms with Crippen molar-refractivity contribution in [2.45, 2.75) is 69.8 Å². The van der Waals surface area contributed by atoms with Gasteiger partial charge in [-0.3, -0.25) is 4.90 Å². The fourth-order valence-electron chi connectivity index (χ4n) is 5.07. The van der Waals surface area contributed by atoms with Crippen molar-refractivity contribution in [3.8, 4) is 0 Å². The molecule has 2 aliphatic rings. The first-order valence-electron chi connectivity index (χ1n) is 8.64. The Morgan fingerprint density at radius 2 is 1.96 bits per heavy atom. The van der Waals surface area contributed by atoms with Gasteiger partial charge in [-0.25, -0.2) is 4.39 Å². The molecule has 3 rings (SSSR count). The molecule has 0 aromatic heterocycles. The van der Waals surface area contributed by atoms with E-state index >= 15 is 4.39 Å². The summed E-state index contributed by atoms with van der Waals surface area (Å²) in [7, 11) is 1.42. The van der Waals surface area contributed by atoms with E-state index in [2.05, 4.69) is 24.0 Å². The van der Waals surface area contributed by atoms with Crippen LogP contribution in [-0.4, -0.2) is 52.1 Å². The molecule has 3 nitrogen and oxygen atoms in total. The summed E-state index contributed by atoms with van der Waals surface area (Å²) in [6.45, 7) is 6.69. The van der Waals surface area contributed by atoms with Crippen molar-refractivity contribution in [2.24, 2.45) is 0 Å². The number of alkyl halides is 1. The lowest BCUT2D eigenvalue weighted by molar-refractivity contribution is -0.0511. The second-order valence-corrected chi connectivity index (χ2v) is 7.93. The van der Waals surface area contributed by atoms with Crippen LogP contribution in [0.4, 0.5) is 4.39 Å². The number of benzene rings is 1. The molecule has 5 heteroatoms. The van der Waals surface area contributed by atoms with Crippen LogP contribution >= 0.6 is 0 Å². The molecule has 4 atom stereocenters. The van der Waals surface area contributed by atoms with E-state index < -0.39 is 18.8 Å². The van der Waals surface area contributed by atoms with Crippen molar-refractivity contribution < 1.29 is 9.41 Å². The molecule has 2 fully saturated rings. The zero-order valence-electron chi connectivity index (χ0n) is 14.7. The van der Waals surface area contributed by atoms with Gasteiger partial charge in [-0.2, -0.15) is 0 Å². The number of fused-ring (bicyclic) bond motifs is 2. The topological polar surface area (TPSA) is 26.7 Å². The Labute approximate surface area is 139 Å². The fourth-order valence-corrected chi connectivity index (χ4v) is 5.07. The van der Waals surface area contributed by atoms with Crippen LogP contribution in [0.5, 0.6) is 0 Å². The van der Waals surface area contributed by atoms with E-state index in [0.29, 0.717) is 0 Å². The molecule has 1 aromatic rings. The molecular formula is C18H28BFN2O. The van der Waals surface area contributed by atoms with E-state index in [1.54, 1.807) is 6.82 Å². The summed E-state index contributed by atoms with van der Waals surface area (Å²) in [5.41, 5.74) is 0.514. The van der Waals surface area contributed by atoms with Crippen LogP contribution in [0, 0.1) is 0 Å². The average molecular weight is 318 g/mol. The van der Waals surface area contributed by atoms with Gasteiger partial charge in [0.2, 0.25) is 0 Å². The molecule has 2 aliphatic heterocycles. The Hall–Kier alpha value is -0.905. The zero-order valence-corrected chi connectivity index (χ0v) is 14.7. The Bertz CT molecular complexity index is 557. The van der Waals surface area contributed by atoms with Gasteiger partial charge in [-0.1, -0.05) is 30.3 Å². The van der Waals surface area contributed by atoms with E-state index in [0.717, 1.165) is 25.8 Å². The lowest BCUT2D eigenvalue weighted by Crippen LogP contribution is -2.70. The van der Waals surface area contributed by atoms with Crippen molar-refractivity contribution in [1.29, 1.82) is 0 Å². The zero-order chi connectivity index (χ0) is 16.8. The molecule has 0 unspecified atom stereocenters. The third-order valence-electron chi connectivity index (χ3n) is 6.10. The normalized spacial score (nSPS) is 37.3. The lowest BCUT2D eigenvalue weighted by Gasteiger charge is -2.55. The molecule has 0 radical (unpaired) electrons. The maximum absolute atomic E-state index is 15.5. The fraction of sp³-hybridized carbons (Fsp3) is 0.667. The minimum Gasteiger partial charge on any atom is -0.437 e. The average Bonchev–Trinajstić information content (AvgIpc) is 2.72. The maximum atomic E-state index is 15.5. The van der Waals surface area contributed by atoms with Crippen molar-refractivity contribution in [3.05, 3.63) is 35.9 Å². The van der Waals surface area contributed by atoms with Gasteiger partial charge < -0.3 is 9.83 Å². The number of piperidine rings is 1. The van der Waals surface area contributed by atoms with Gasteiger partial charge in [-0.05, 0) is 52.5 Å². The quantitative estimate of drug-likeness (QED) is 0.865. The minimum absolute atomic E-state index is 0.109. The molecule has 0 saturated carbocycles. The summed E-state index contributed by atoms with van der Waals surface area (Å²) in [4.78, 5) is 4.18. The van der Waals surface area contributed by atoms with Gasteiger partial charge in [0.1, 0.15) is 6.17 Å². The highest BCUT2D eigenvalue weighted by atomic mass is 19.1. The third-order valence-corrected chi connectivity index (χ3v) is 6.10. The van der Waals surface area contributed by atoms with Crippen molar-refractivity contribution in [3.63, 3.8) is 0 Å². The molecule has 2 bridgehead atoms. The van der Waals surface area contributed by atoms with Gasteiger partial charge in [0, 0.05) is 23.7 Å². The monoisotopic (exact) mass is 318 g/mol. The van der Waals surface area contributed by atoms with Crippen LogP contribution < -0.4 is 0 Å². The Balaban J connectivity index is 1.83. The van der Waals surface area contributed by atoms with Gasteiger partial charge in [0.05, 0.1) is 0 Å². The summed E-state index contributed by atoms with van der Waals surface area (Å²) in [5.74, 6) is 0. The van der Waals surface area contributed by atoms with E-state index in [-0.39, 0.29) is 11.6 Å². The van der Waals surface area contributed by atoms with Crippen molar-refractivity contribution in [2.75, 3.05) is 7.05 Å². The summed E-state index contributed by atoms with van der Waals surface area (Å²) in [5, 5.41) is 10.2. The van der Waals surface area contributed by atoms with Crippen LogP contribution in [0.15, 0.2) is 30.3 Å². The largest absolute Gasteiger partial charge is 0.437 e. The van der Waals surface area contributed by atoms with Gasteiger partial charge in [0.15, 0.2) is 0 Å². The van der Waals surface area contributed by atoms with Gasteiger partial charge in [-0.15, -0.1) is 0 Å². The van der Waals surface area contributed by atoms with Gasteiger partial charge >= 0.3 is 7.05 Å². The molecule has 126 valence electrons. The molecule has 23 heavy (non-hydrogen) atoms. The minimum atomic E-state index is -0.957. The summed E-state index contributed by atoms with van der Waals surface area (Å²) >= 11 is 0. The second-order valence-electron chi connectivity index (χ2n) is 7.93. The summed E-state index contributed by atoms with van der Waals surface area (Å²) < 4.78 is 15.5. The maximum Gasteiger partial charge on any atom is 0.377 e. The molecule has 2 heterocycles. The van der Waals surface area contributed by atoms with E-state index in [9.17, 15) is 5.02 Å². The molecule has 0 amide bonds. The number of halogens is 1. The Morgan fingerprint density at radius 1 is 1.30 bits per heavy atom. The Morgan fingerprint density at radius 3 is 2.57 bits per heavy atom. The third kappa shape index (κ3) is 2.73. The Kier molecular flexibility index (Phi) is 4.32. The number of hydrogen-bond acceptors (Lipinski definition) is 3. The molecule has 0 aliphatic carbocycles. The highest BCUT2D eigenvalue weighted by Crippen LogP contribution is 2.52. The smallest absolute Gasteiger partial charge is 0.377 e. The first kappa shape index (κ1) is 16.9. The van der Waals surface area contributed by atoms with Crippen LogP contribution in [0.2, 0.25) is 6.82 Å². The number of nitrogens with zero attached hydrogens (tertiary/aromatic N) is 2. The summed E-state index contributed by atoms with van der Waals surface area (Å²) in [6, 6.07) is 10.1. The standard InChI is InChI=1S/C18H28BFN2O/c1-17-10-11-18(2,22(17)19(3)23)16(20)15(12-17)21(4)13-14-8-6-5-7-9-14/h5-9,15-16,23H,10-13H2,1-4H3/t15-,16-,17-,18+/m0/s1. The highest BCUT2D eigenvalue weighted by molar-refractivity contribution is 6.46. The van der Waals surface area contributed by atoms with Crippen LogP contribution in [0.3, 0.4) is 0 Å². The van der Waals surface area contributed by atoms with Crippen LogP contribution in [0.25, 0.3) is 0 Å². The molecular weight excluding hydrogens is 290 g/mol. The second kappa shape index (κ2) is 5.87. The number of rotatable bonds is 4. The van der Waals surface area contributed by atoms with E-state index in [1.807, 2.05) is 37.0 Å². The molecule has 1 N–H and O–H groups in total.